The molecule has 0 atom stereocenters. The van der Waals surface area contributed by atoms with Crippen molar-refractivity contribution in [2.75, 3.05) is 10.8 Å². The molecule has 9 heteroatoms. The average Bonchev–Trinajstić information content (AvgIpc) is 3.12. The number of aromatic hydroxyl groups is 1. The molecule has 4 rings (SSSR count). The van der Waals surface area contributed by atoms with Crippen molar-refractivity contribution >= 4 is 38.2 Å². The van der Waals surface area contributed by atoms with Gasteiger partial charge in [0.15, 0.2) is 5.69 Å². The Morgan fingerprint density at radius 3 is 2.38 bits per heavy atom. The van der Waals surface area contributed by atoms with Crippen LogP contribution in [0.5, 0.6) is 5.88 Å². The molecule has 0 bridgehead atoms. The number of sulfonamides is 1. The lowest BCUT2D eigenvalue weighted by Crippen LogP contribution is -2.35. The van der Waals surface area contributed by atoms with Crippen molar-refractivity contribution in [2.45, 2.75) is 11.8 Å². The highest BCUT2D eigenvalue weighted by Crippen LogP contribution is 2.35. The molecular weight excluding hydrogens is 428 g/mol. The Bertz CT molecular complexity index is 1410. The van der Waals surface area contributed by atoms with E-state index < -0.39 is 22.5 Å². The van der Waals surface area contributed by atoms with Crippen molar-refractivity contribution < 1.29 is 18.3 Å². The number of benzene rings is 3. The van der Waals surface area contributed by atoms with Crippen molar-refractivity contribution in [1.29, 1.82) is 0 Å². The van der Waals surface area contributed by atoms with Crippen LogP contribution in [0.4, 0.5) is 11.4 Å². The van der Waals surface area contributed by atoms with Crippen LogP contribution in [0, 0.1) is 6.92 Å². The zero-order valence-corrected chi connectivity index (χ0v) is 18.0. The topological polar surface area (TPSA) is 115 Å². The summed E-state index contributed by atoms with van der Waals surface area (Å²) in [6.07, 6.45) is 0. The lowest BCUT2D eigenvalue weighted by molar-refractivity contribution is -0.116. The summed E-state index contributed by atoms with van der Waals surface area (Å²) in [5.41, 5.74) is 1.81. The number of para-hydroxylation sites is 2. The molecule has 0 aliphatic rings. The summed E-state index contributed by atoms with van der Waals surface area (Å²) < 4.78 is 27.7. The first kappa shape index (κ1) is 21.3. The quantitative estimate of drug-likeness (QED) is 0.416. The molecule has 0 aliphatic carbocycles. The first-order valence-corrected chi connectivity index (χ1v) is 11.2. The number of carbonyl (C=O) groups is 1. The first-order valence-electron chi connectivity index (χ1n) is 9.75. The van der Waals surface area contributed by atoms with Gasteiger partial charge in [0, 0.05) is 5.39 Å². The molecule has 0 saturated heterocycles. The molecule has 0 aliphatic heterocycles. The van der Waals surface area contributed by atoms with Crippen LogP contribution in [-0.2, 0) is 14.8 Å². The standard InChI is InChI=1S/C23H20N4O4S/c1-16-9-5-8-14-20(16)27(32(30,31)17-10-3-2-4-11-17)15-21(28)25-26-22-18-12-6-7-13-19(18)24-23(22)29/h2-14,24,29H,15H2,1H3. The van der Waals surface area contributed by atoms with Gasteiger partial charge in [-0.1, -0.05) is 54.6 Å². The molecule has 3 aromatic carbocycles. The molecule has 0 saturated carbocycles. The number of fused-ring (bicyclic) bond motifs is 1. The third-order valence-corrected chi connectivity index (χ3v) is 6.69. The highest BCUT2D eigenvalue weighted by molar-refractivity contribution is 7.92. The molecule has 1 amide bonds. The van der Waals surface area contributed by atoms with E-state index in [0.717, 1.165) is 4.31 Å². The maximum Gasteiger partial charge on any atom is 0.285 e. The summed E-state index contributed by atoms with van der Waals surface area (Å²) in [5.74, 6) is -1.01. The molecule has 0 unspecified atom stereocenters. The Kier molecular flexibility index (Phi) is 5.74. The van der Waals surface area contributed by atoms with Gasteiger partial charge in [-0.15, -0.1) is 10.2 Å². The van der Waals surface area contributed by atoms with Gasteiger partial charge in [-0.3, -0.25) is 9.10 Å². The number of amides is 1. The zero-order chi connectivity index (χ0) is 22.7. The third kappa shape index (κ3) is 4.10. The third-order valence-electron chi connectivity index (χ3n) is 4.92. The van der Waals surface area contributed by atoms with E-state index >= 15 is 0 Å². The van der Waals surface area contributed by atoms with Gasteiger partial charge in [0.1, 0.15) is 6.54 Å². The zero-order valence-electron chi connectivity index (χ0n) is 17.1. The summed E-state index contributed by atoms with van der Waals surface area (Å²) in [7, 11) is -4.03. The Labute approximate surface area is 184 Å². The Morgan fingerprint density at radius 1 is 0.969 bits per heavy atom. The molecule has 1 heterocycles. The summed E-state index contributed by atoms with van der Waals surface area (Å²) in [4.78, 5) is 15.5. The number of hydrogen-bond donors (Lipinski definition) is 2. The fraction of sp³-hybridized carbons (Fsp3) is 0.0870. The van der Waals surface area contributed by atoms with Gasteiger partial charge in [0.25, 0.3) is 15.9 Å². The average molecular weight is 449 g/mol. The molecule has 162 valence electrons. The number of nitrogens with one attached hydrogen (secondary N) is 1. The predicted octanol–water partition coefficient (Wildman–Crippen LogP) is 4.69. The predicted molar refractivity (Wildman–Crippen MR) is 122 cm³/mol. The molecule has 0 fully saturated rings. The van der Waals surface area contributed by atoms with E-state index in [1.165, 1.54) is 12.1 Å². The Morgan fingerprint density at radius 2 is 1.62 bits per heavy atom. The van der Waals surface area contributed by atoms with E-state index in [2.05, 4.69) is 15.2 Å². The van der Waals surface area contributed by atoms with Crippen LogP contribution in [0.1, 0.15) is 5.56 Å². The van der Waals surface area contributed by atoms with E-state index in [0.29, 0.717) is 22.2 Å². The number of aryl methyl sites for hydroxylation is 1. The number of carbonyl (C=O) groups excluding carboxylic acids is 1. The number of aromatic amines is 1. The molecule has 32 heavy (non-hydrogen) atoms. The normalized spacial score (nSPS) is 11.8. The van der Waals surface area contributed by atoms with E-state index in [1.807, 2.05) is 0 Å². The minimum absolute atomic E-state index is 0.0577. The highest BCUT2D eigenvalue weighted by atomic mass is 32.2. The molecule has 0 spiro atoms. The fourth-order valence-electron chi connectivity index (χ4n) is 3.34. The maximum atomic E-state index is 13.3. The Hall–Kier alpha value is -3.98. The number of azo groups is 1. The van der Waals surface area contributed by atoms with Gasteiger partial charge in [-0.2, -0.15) is 0 Å². The number of hydrogen-bond acceptors (Lipinski definition) is 5. The number of nitrogens with zero attached hydrogens (tertiary/aromatic N) is 3. The number of rotatable bonds is 6. The smallest absolute Gasteiger partial charge is 0.285 e. The van der Waals surface area contributed by atoms with Gasteiger partial charge in [0.05, 0.1) is 16.1 Å². The highest BCUT2D eigenvalue weighted by Gasteiger charge is 2.28. The molecular formula is C23H20N4O4S. The minimum atomic E-state index is -4.03. The molecule has 4 aromatic rings. The van der Waals surface area contributed by atoms with E-state index in [1.54, 1.807) is 73.7 Å². The molecule has 8 nitrogen and oxygen atoms in total. The van der Waals surface area contributed by atoms with Gasteiger partial charge >= 0.3 is 0 Å². The number of aromatic nitrogens is 1. The van der Waals surface area contributed by atoms with Crippen LogP contribution >= 0.6 is 0 Å². The van der Waals surface area contributed by atoms with Crippen molar-refractivity contribution in [3.8, 4) is 5.88 Å². The van der Waals surface area contributed by atoms with Gasteiger partial charge in [0.2, 0.25) is 5.88 Å². The van der Waals surface area contributed by atoms with Crippen LogP contribution in [0.25, 0.3) is 10.9 Å². The summed E-state index contributed by atoms with van der Waals surface area (Å²) in [6, 6.07) is 21.8. The van der Waals surface area contributed by atoms with Crippen LogP contribution in [-0.4, -0.2) is 31.0 Å². The van der Waals surface area contributed by atoms with E-state index in [9.17, 15) is 18.3 Å². The summed E-state index contributed by atoms with van der Waals surface area (Å²) in [6.45, 7) is 1.22. The monoisotopic (exact) mass is 448 g/mol. The minimum Gasteiger partial charge on any atom is -0.493 e. The SMILES string of the molecule is Cc1ccccc1N(CC(=O)N=Nc1c(O)[nH]c2ccccc12)S(=O)(=O)c1ccccc1. The van der Waals surface area contributed by atoms with Crippen LogP contribution in [0.15, 0.2) is 94.0 Å². The van der Waals surface area contributed by atoms with Gasteiger partial charge in [-0.05, 0) is 36.8 Å². The van der Waals surface area contributed by atoms with E-state index in [4.69, 9.17) is 0 Å². The largest absolute Gasteiger partial charge is 0.493 e. The lowest BCUT2D eigenvalue weighted by Gasteiger charge is -2.24. The van der Waals surface area contributed by atoms with Crippen LogP contribution in [0.3, 0.4) is 0 Å². The van der Waals surface area contributed by atoms with Crippen LogP contribution < -0.4 is 4.31 Å². The van der Waals surface area contributed by atoms with Crippen LogP contribution in [0.2, 0.25) is 0 Å². The van der Waals surface area contributed by atoms with Crippen molar-refractivity contribution in [3.05, 3.63) is 84.4 Å². The fourth-order valence-corrected chi connectivity index (χ4v) is 4.84. The lowest BCUT2D eigenvalue weighted by atomic mass is 10.2. The van der Waals surface area contributed by atoms with Crippen molar-refractivity contribution in [3.63, 3.8) is 0 Å². The van der Waals surface area contributed by atoms with Gasteiger partial charge < -0.3 is 10.1 Å². The molecule has 1 aromatic heterocycles. The number of anilines is 1. The summed E-state index contributed by atoms with van der Waals surface area (Å²) >= 11 is 0. The molecule has 2 N–H and O–H groups in total. The van der Waals surface area contributed by atoms with Crippen molar-refractivity contribution in [1.82, 2.24) is 4.98 Å². The molecule has 0 radical (unpaired) electrons. The number of H-pyrrole nitrogens is 1. The van der Waals surface area contributed by atoms with Gasteiger partial charge in [-0.25, -0.2) is 8.42 Å². The van der Waals surface area contributed by atoms with Crippen molar-refractivity contribution in [2.24, 2.45) is 10.2 Å². The summed E-state index contributed by atoms with van der Waals surface area (Å²) in [5, 5.41) is 18.3. The Balaban J connectivity index is 1.68. The second-order valence-electron chi connectivity index (χ2n) is 7.07. The second kappa shape index (κ2) is 8.64. The first-order chi connectivity index (χ1) is 15.4. The van der Waals surface area contributed by atoms with E-state index in [-0.39, 0.29) is 16.5 Å². The second-order valence-corrected chi connectivity index (χ2v) is 8.94. The maximum absolute atomic E-state index is 13.3.